The minimum atomic E-state index is 0.574. The van der Waals surface area contributed by atoms with Crippen molar-refractivity contribution in [3.8, 4) is 5.75 Å². The van der Waals surface area contributed by atoms with E-state index >= 15 is 0 Å². The van der Waals surface area contributed by atoms with Gasteiger partial charge in [-0.25, -0.2) is 0 Å². The highest BCUT2D eigenvalue weighted by atomic mass is 16.5. The quantitative estimate of drug-likeness (QED) is 0.741. The van der Waals surface area contributed by atoms with Gasteiger partial charge in [-0.05, 0) is 19.9 Å². The lowest BCUT2D eigenvalue weighted by molar-refractivity contribution is -0.945. The maximum Gasteiger partial charge on any atom is 0.167 e. The number of nitrogens with two attached hydrogens (primary N) is 1. The highest BCUT2D eigenvalue weighted by molar-refractivity contribution is 5.42. The molecule has 0 saturated heterocycles. The third-order valence-electron chi connectivity index (χ3n) is 3.89. The first-order valence-electron chi connectivity index (χ1n) is 6.63. The van der Waals surface area contributed by atoms with Gasteiger partial charge in [-0.15, -0.1) is 0 Å². The van der Waals surface area contributed by atoms with Crippen LogP contribution in [0.25, 0.3) is 0 Å². The number of rotatable bonds is 4. The summed E-state index contributed by atoms with van der Waals surface area (Å²) in [6.07, 6.45) is 0. The van der Waals surface area contributed by atoms with Crippen LogP contribution in [0.4, 0.5) is 0 Å². The van der Waals surface area contributed by atoms with Crippen molar-refractivity contribution in [2.24, 2.45) is 0 Å². The van der Waals surface area contributed by atoms with Crippen LogP contribution >= 0.6 is 0 Å². The SMILES string of the molecule is CC[NH+](CC)[C@H]1C[NH2+]Cc2cccc(OC)c21. The van der Waals surface area contributed by atoms with Gasteiger partial charge in [-0.3, -0.25) is 0 Å². The van der Waals surface area contributed by atoms with E-state index in [9.17, 15) is 0 Å². The van der Waals surface area contributed by atoms with E-state index in [-0.39, 0.29) is 0 Å². The maximum atomic E-state index is 5.55. The van der Waals surface area contributed by atoms with Gasteiger partial charge in [0.1, 0.15) is 18.8 Å². The molecule has 1 aliphatic rings. The standard InChI is InChI=1S/C14H22N2O/c1-4-16(5-2)12-10-15-9-11-7-6-8-13(17-3)14(11)12/h6-8,12,15H,4-5,9-10H2,1-3H3/p+2/t12-/m0/s1. The monoisotopic (exact) mass is 236 g/mol. The Kier molecular flexibility index (Phi) is 4.02. The number of nitrogens with one attached hydrogen (secondary N) is 1. The van der Waals surface area contributed by atoms with E-state index in [1.165, 1.54) is 30.8 Å². The van der Waals surface area contributed by atoms with Crippen LogP contribution in [0.5, 0.6) is 5.75 Å². The predicted molar refractivity (Wildman–Crippen MR) is 68.3 cm³/mol. The molecule has 1 atom stereocenters. The van der Waals surface area contributed by atoms with E-state index in [1.807, 2.05) is 0 Å². The third kappa shape index (κ3) is 2.31. The molecule has 0 amide bonds. The Hall–Kier alpha value is -1.06. The van der Waals surface area contributed by atoms with Crippen molar-refractivity contribution in [1.82, 2.24) is 0 Å². The summed E-state index contributed by atoms with van der Waals surface area (Å²) in [6.45, 7) is 9.14. The Labute approximate surface area is 104 Å². The topological polar surface area (TPSA) is 30.3 Å². The smallest absolute Gasteiger partial charge is 0.167 e. The van der Waals surface area contributed by atoms with E-state index in [1.54, 1.807) is 12.0 Å². The molecule has 0 unspecified atom stereocenters. The molecule has 1 heterocycles. The number of likely N-dealkylation sites (N-methyl/N-ethyl adjacent to an activating group) is 1. The molecule has 0 spiro atoms. The molecule has 3 heteroatoms. The van der Waals surface area contributed by atoms with Gasteiger partial charge >= 0.3 is 0 Å². The first-order chi connectivity index (χ1) is 8.31. The summed E-state index contributed by atoms with van der Waals surface area (Å²) < 4.78 is 5.55. The van der Waals surface area contributed by atoms with Gasteiger partial charge in [0.15, 0.2) is 6.04 Å². The molecular formula is C14H24N2O+2. The fraction of sp³-hybridized carbons (Fsp3) is 0.571. The van der Waals surface area contributed by atoms with Gasteiger partial charge in [0.25, 0.3) is 0 Å². The van der Waals surface area contributed by atoms with Crippen LogP contribution in [-0.2, 0) is 6.54 Å². The number of methoxy groups -OCH3 is 1. The minimum absolute atomic E-state index is 0.574. The fourth-order valence-corrected chi connectivity index (χ4v) is 2.98. The molecule has 1 aliphatic heterocycles. The Morgan fingerprint density at radius 2 is 2.12 bits per heavy atom. The maximum absolute atomic E-state index is 5.55. The van der Waals surface area contributed by atoms with Crippen LogP contribution in [0.3, 0.4) is 0 Å². The second-order valence-corrected chi connectivity index (χ2v) is 4.68. The van der Waals surface area contributed by atoms with Crippen molar-refractivity contribution in [2.45, 2.75) is 26.4 Å². The van der Waals surface area contributed by atoms with Crippen molar-refractivity contribution < 1.29 is 15.0 Å². The molecule has 2 rings (SSSR count). The molecule has 0 fully saturated rings. The zero-order valence-corrected chi connectivity index (χ0v) is 11.1. The van der Waals surface area contributed by atoms with E-state index in [0.29, 0.717) is 6.04 Å². The Morgan fingerprint density at radius 3 is 2.76 bits per heavy atom. The van der Waals surface area contributed by atoms with Gasteiger partial charge in [-0.1, -0.05) is 12.1 Å². The molecule has 3 nitrogen and oxygen atoms in total. The van der Waals surface area contributed by atoms with Crippen molar-refractivity contribution in [3.63, 3.8) is 0 Å². The average Bonchev–Trinajstić information content (AvgIpc) is 2.39. The van der Waals surface area contributed by atoms with Gasteiger partial charge in [-0.2, -0.15) is 0 Å². The van der Waals surface area contributed by atoms with E-state index < -0.39 is 0 Å². The largest absolute Gasteiger partial charge is 0.496 e. The van der Waals surface area contributed by atoms with Crippen LogP contribution in [-0.4, -0.2) is 26.7 Å². The van der Waals surface area contributed by atoms with Gasteiger partial charge in [0.2, 0.25) is 0 Å². The molecular weight excluding hydrogens is 212 g/mol. The van der Waals surface area contributed by atoms with Gasteiger partial charge in [0, 0.05) is 5.56 Å². The van der Waals surface area contributed by atoms with Crippen LogP contribution in [0.15, 0.2) is 18.2 Å². The van der Waals surface area contributed by atoms with E-state index in [2.05, 4.69) is 37.4 Å². The highest BCUT2D eigenvalue weighted by Gasteiger charge is 2.32. The number of benzene rings is 1. The summed E-state index contributed by atoms with van der Waals surface area (Å²) in [5.74, 6) is 1.07. The molecule has 17 heavy (non-hydrogen) atoms. The lowest BCUT2D eigenvalue weighted by Crippen LogP contribution is -3.14. The van der Waals surface area contributed by atoms with Crippen molar-refractivity contribution in [1.29, 1.82) is 0 Å². The minimum Gasteiger partial charge on any atom is -0.496 e. The van der Waals surface area contributed by atoms with Crippen LogP contribution in [0.1, 0.15) is 31.0 Å². The Balaban J connectivity index is 2.41. The number of hydrogen-bond acceptors (Lipinski definition) is 1. The number of ether oxygens (including phenoxy) is 1. The summed E-state index contributed by atoms with van der Waals surface area (Å²) in [5.41, 5.74) is 2.89. The Morgan fingerprint density at radius 1 is 1.35 bits per heavy atom. The molecule has 0 saturated carbocycles. The molecule has 0 aromatic heterocycles. The summed E-state index contributed by atoms with van der Waals surface area (Å²) in [4.78, 5) is 1.65. The average molecular weight is 236 g/mol. The number of quaternary nitrogens is 2. The molecule has 0 radical (unpaired) electrons. The van der Waals surface area contributed by atoms with E-state index in [4.69, 9.17) is 4.74 Å². The summed E-state index contributed by atoms with van der Waals surface area (Å²) in [5, 5.41) is 2.41. The number of hydrogen-bond donors (Lipinski definition) is 2. The molecule has 94 valence electrons. The zero-order chi connectivity index (χ0) is 12.3. The third-order valence-corrected chi connectivity index (χ3v) is 3.89. The first kappa shape index (κ1) is 12.4. The lowest BCUT2D eigenvalue weighted by Gasteiger charge is -2.31. The van der Waals surface area contributed by atoms with Crippen LogP contribution in [0, 0.1) is 0 Å². The normalized spacial score (nSPS) is 19.2. The first-order valence-corrected chi connectivity index (χ1v) is 6.63. The summed E-state index contributed by atoms with van der Waals surface area (Å²) in [6, 6.07) is 7.01. The summed E-state index contributed by atoms with van der Waals surface area (Å²) in [7, 11) is 1.78. The van der Waals surface area contributed by atoms with Crippen LogP contribution in [0.2, 0.25) is 0 Å². The molecule has 0 bridgehead atoms. The van der Waals surface area contributed by atoms with Crippen LogP contribution < -0.4 is 15.0 Å². The lowest BCUT2D eigenvalue weighted by atomic mass is 9.94. The fourth-order valence-electron chi connectivity index (χ4n) is 2.98. The molecule has 1 aromatic rings. The molecule has 1 aromatic carbocycles. The molecule has 3 N–H and O–H groups in total. The van der Waals surface area contributed by atoms with Gasteiger partial charge in [0.05, 0.1) is 25.8 Å². The number of fused-ring (bicyclic) bond motifs is 1. The van der Waals surface area contributed by atoms with Crippen molar-refractivity contribution in [3.05, 3.63) is 29.3 Å². The van der Waals surface area contributed by atoms with Crippen molar-refractivity contribution in [2.75, 3.05) is 26.7 Å². The molecule has 0 aliphatic carbocycles. The van der Waals surface area contributed by atoms with Crippen molar-refractivity contribution >= 4 is 0 Å². The predicted octanol–water partition coefficient (Wildman–Crippen LogP) is -0.262. The highest BCUT2D eigenvalue weighted by Crippen LogP contribution is 2.27. The zero-order valence-electron chi connectivity index (χ0n) is 11.1. The van der Waals surface area contributed by atoms with Gasteiger partial charge < -0.3 is 15.0 Å². The Bertz CT molecular complexity index is 360. The second-order valence-electron chi connectivity index (χ2n) is 4.68. The second kappa shape index (κ2) is 5.52. The summed E-state index contributed by atoms with van der Waals surface area (Å²) >= 11 is 0. The van der Waals surface area contributed by atoms with E-state index in [0.717, 1.165) is 12.3 Å².